The number of imidazole rings is 1. The molecule has 1 aliphatic carbocycles. The molecule has 0 bridgehead atoms. The smallest absolute Gasteiger partial charge is 0.237 e. The van der Waals surface area contributed by atoms with E-state index < -0.39 is 5.54 Å². The van der Waals surface area contributed by atoms with Crippen LogP contribution >= 0.6 is 11.3 Å². The Morgan fingerprint density at radius 3 is 3.14 bits per heavy atom. The predicted octanol–water partition coefficient (Wildman–Crippen LogP) is 1.98. The quantitative estimate of drug-likeness (QED) is 0.885. The second-order valence-electron chi connectivity index (χ2n) is 5.70. The first kappa shape index (κ1) is 14.3. The Labute approximate surface area is 128 Å². The molecule has 2 aromatic heterocycles. The number of rotatable bonds is 5. The minimum atomic E-state index is -0.830. The van der Waals surface area contributed by atoms with Gasteiger partial charge in [-0.1, -0.05) is 12.5 Å². The number of nitrogens with two attached hydrogens (primary N) is 2. The number of aryl methyl sites for hydroxylation is 1. The molecule has 1 amide bonds. The fraction of sp³-hybridized carbons (Fsp3) is 0.467. The van der Waals surface area contributed by atoms with E-state index in [9.17, 15) is 4.79 Å². The van der Waals surface area contributed by atoms with Gasteiger partial charge in [0.25, 0.3) is 0 Å². The van der Waals surface area contributed by atoms with Crippen LogP contribution in [0.3, 0.4) is 0 Å². The van der Waals surface area contributed by atoms with Gasteiger partial charge in [-0.15, -0.1) is 11.3 Å². The summed E-state index contributed by atoms with van der Waals surface area (Å²) in [5.41, 5.74) is 10.9. The third-order valence-electron chi connectivity index (χ3n) is 4.51. The Hall–Kier alpha value is -1.66. The van der Waals surface area contributed by atoms with Crippen LogP contribution in [0.5, 0.6) is 0 Å². The SMILES string of the molecule is NC(=O)C1(N)CCCC1CCn1ccnc1-c1cccs1. The molecule has 6 heteroatoms. The van der Waals surface area contributed by atoms with Crippen molar-refractivity contribution in [2.24, 2.45) is 17.4 Å². The maximum absolute atomic E-state index is 11.6. The predicted molar refractivity (Wildman–Crippen MR) is 83.6 cm³/mol. The lowest BCUT2D eigenvalue weighted by molar-refractivity contribution is -0.124. The summed E-state index contributed by atoms with van der Waals surface area (Å²) < 4.78 is 2.13. The molecule has 5 nitrogen and oxygen atoms in total. The number of hydrogen-bond donors (Lipinski definition) is 2. The molecule has 1 saturated carbocycles. The van der Waals surface area contributed by atoms with Gasteiger partial charge in [-0.25, -0.2) is 4.98 Å². The molecule has 2 atom stereocenters. The molecule has 4 N–H and O–H groups in total. The summed E-state index contributed by atoms with van der Waals surface area (Å²) in [4.78, 5) is 17.2. The van der Waals surface area contributed by atoms with E-state index in [-0.39, 0.29) is 11.8 Å². The summed E-state index contributed by atoms with van der Waals surface area (Å²) in [5, 5.41) is 2.04. The topological polar surface area (TPSA) is 86.9 Å². The average Bonchev–Trinajstić information content (AvgIpc) is 3.17. The van der Waals surface area contributed by atoms with Crippen molar-refractivity contribution in [2.45, 2.75) is 37.8 Å². The van der Waals surface area contributed by atoms with Crippen LogP contribution in [0.2, 0.25) is 0 Å². The lowest BCUT2D eigenvalue weighted by Gasteiger charge is -2.28. The van der Waals surface area contributed by atoms with Crippen molar-refractivity contribution in [1.29, 1.82) is 0 Å². The third-order valence-corrected chi connectivity index (χ3v) is 5.37. The first-order valence-electron chi connectivity index (χ1n) is 7.25. The monoisotopic (exact) mass is 304 g/mol. The zero-order chi connectivity index (χ0) is 14.9. The van der Waals surface area contributed by atoms with Gasteiger partial charge >= 0.3 is 0 Å². The highest BCUT2D eigenvalue weighted by molar-refractivity contribution is 7.13. The minimum Gasteiger partial charge on any atom is -0.368 e. The van der Waals surface area contributed by atoms with E-state index in [0.717, 1.165) is 36.5 Å². The van der Waals surface area contributed by atoms with Crippen LogP contribution in [0.4, 0.5) is 0 Å². The van der Waals surface area contributed by atoms with E-state index in [4.69, 9.17) is 11.5 Å². The average molecular weight is 304 g/mol. The second-order valence-corrected chi connectivity index (χ2v) is 6.65. The minimum absolute atomic E-state index is 0.161. The summed E-state index contributed by atoms with van der Waals surface area (Å²) in [6.45, 7) is 0.810. The Kier molecular flexibility index (Phi) is 3.82. The molecule has 112 valence electrons. The first-order valence-corrected chi connectivity index (χ1v) is 8.13. The third kappa shape index (κ3) is 2.61. The van der Waals surface area contributed by atoms with Crippen molar-refractivity contribution >= 4 is 17.2 Å². The molecule has 2 heterocycles. The van der Waals surface area contributed by atoms with Crippen molar-refractivity contribution in [3.8, 4) is 10.7 Å². The number of hydrogen-bond acceptors (Lipinski definition) is 4. The molecule has 3 rings (SSSR count). The van der Waals surface area contributed by atoms with Crippen LogP contribution in [-0.2, 0) is 11.3 Å². The van der Waals surface area contributed by atoms with E-state index >= 15 is 0 Å². The molecular weight excluding hydrogens is 284 g/mol. The highest BCUT2D eigenvalue weighted by atomic mass is 32.1. The van der Waals surface area contributed by atoms with Crippen LogP contribution < -0.4 is 11.5 Å². The Morgan fingerprint density at radius 2 is 2.43 bits per heavy atom. The van der Waals surface area contributed by atoms with E-state index in [0.29, 0.717) is 6.42 Å². The van der Waals surface area contributed by atoms with E-state index in [1.54, 1.807) is 11.3 Å². The van der Waals surface area contributed by atoms with E-state index in [1.807, 2.05) is 23.8 Å². The van der Waals surface area contributed by atoms with Crippen molar-refractivity contribution in [3.05, 3.63) is 29.9 Å². The molecule has 1 aliphatic rings. The normalized spacial score (nSPS) is 25.3. The van der Waals surface area contributed by atoms with Gasteiger partial charge in [0.2, 0.25) is 5.91 Å². The summed E-state index contributed by atoms with van der Waals surface area (Å²) in [6.07, 6.45) is 7.30. The van der Waals surface area contributed by atoms with Crippen LogP contribution in [-0.4, -0.2) is 21.0 Å². The maximum Gasteiger partial charge on any atom is 0.237 e. The van der Waals surface area contributed by atoms with Crippen molar-refractivity contribution in [1.82, 2.24) is 9.55 Å². The van der Waals surface area contributed by atoms with Crippen molar-refractivity contribution in [2.75, 3.05) is 0 Å². The van der Waals surface area contributed by atoms with Crippen molar-refractivity contribution in [3.63, 3.8) is 0 Å². The van der Waals surface area contributed by atoms with Gasteiger partial charge in [0, 0.05) is 18.9 Å². The number of thiophene rings is 1. The zero-order valence-corrected chi connectivity index (χ0v) is 12.7. The Balaban J connectivity index is 1.72. The number of primary amides is 1. The number of amides is 1. The molecule has 0 spiro atoms. The second kappa shape index (κ2) is 5.61. The van der Waals surface area contributed by atoms with Crippen LogP contribution in [0.1, 0.15) is 25.7 Å². The molecule has 0 radical (unpaired) electrons. The number of aromatic nitrogens is 2. The molecular formula is C15H20N4OS. The fourth-order valence-electron chi connectivity index (χ4n) is 3.24. The Bertz CT molecular complexity index is 621. The van der Waals surface area contributed by atoms with Crippen LogP contribution in [0.15, 0.2) is 29.9 Å². The van der Waals surface area contributed by atoms with E-state index in [2.05, 4.69) is 15.6 Å². The van der Waals surface area contributed by atoms with Gasteiger partial charge in [0.05, 0.1) is 10.4 Å². The van der Waals surface area contributed by atoms with Gasteiger partial charge in [-0.2, -0.15) is 0 Å². The first-order chi connectivity index (χ1) is 10.1. The van der Waals surface area contributed by atoms with Gasteiger partial charge in [-0.05, 0) is 36.6 Å². The highest BCUT2D eigenvalue weighted by Gasteiger charge is 2.43. The molecule has 2 aromatic rings. The molecule has 2 unspecified atom stereocenters. The van der Waals surface area contributed by atoms with Gasteiger partial charge < -0.3 is 16.0 Å². The molecule has 0 aromatic carbocycles. The van der Waals surface area contributed by atoms with E-state index in [1.165, 1.54) is 0 Å². The Morgan fingerprint density at radius 1 is 1.57 bits per heavy atom. The molecule has 0 saturated heterocycles. The lowest BCUT2D eigenvalue weighted by Crippen LogP contribution is -2.54. The standard InChI is InChI=1S/C15H20N4OS/c16-14(20)15(17)6-1-3-11(15)5-8-19-9-7-18-13(19)12-4-2-10-21-12/h2,4,7,9-11H,1,3,5-6,8,17H2,(H2,16,20). The summed E-state index contributed by atoms with van der Waals surface area (Å²) >= 11 is 1.68. The lowest BCUT2D eigenvalue weighted by atomic mass is 9.85. The summed E-state index contributed by atoms with van der Waals surface area (Å²) in [7, 11) is 0. The zero-order valence-electron chi connectivity index (χ0n) is 11.9. The number of carbonyl (C=O) groups is 1. The largest absolute Gasteiger partial charge is 0.368 e. The number of carbonyl (C=O) groups excluding carboxylic acids is 1. The van der Waals surface area contributed by atoms with Crippen molar-refractivity contribution < 1.29 is 4.79 Å². The molecule has 1 fully saturated rings. The van der Waals surface area contributed by atoms with Crippen LogP contribution in [0, 0.1) is 5.92 Å². The summed E-state index contributed by atoms with van der Waals surface area (Å²) in [5.74, 6) is 0.771. The maximum atomic E-state index is 11.6. The van der Waals surface area contributed by atoms with Gasteiger partial charge in [-0.3, -0.25) is 4.79 Å². The molecule has 0 aliphatic heterocycles. The highest BCUT2D eigenvalue weighted by Crippen LogP contribution is 2.36. The fourth-order valence-corrected chi connectivity index (χ4v) is 3.98. The van der Waals surface area contributed by atoms with Crippen LogP contribution in [0.25, 0.3) is 10.7 Å². The summed E-state index contributed by atoms with van der Waals surface area (Å²) in [6, 6.07) is 4.09. The van der Waals surface area contributed by atoms with Gasteiger partial charge in [0.15, 0.2) is 0 Å². The number of nitrogens with zero attached hydrogens (tertiary/aromatic N) is 2. The molecule has 21 heavy (non-hydrogen) atoms. The van der Waals surface area contributed by atoms with Gasteiger partial charge in [0.1, 0.15) is 5.82 Å².